The lowest BCUT2D eigenvalue weighted by Crippen LogP contribution is -2.08. The Morgan fingerprint density at radius 1 is 1.47 bits per heavy atom. The first-order valence-electron chi connectivity index (χ1n) is 6.02. The Morgan fingerprint density at radius 2 is 2.26 bits per heavy atom. The van der Waals surface area contributed by atoms with E-state index in [0.29, 0.717) is 35.1 Å². The van der Waals surface area contributed by atoms with E-state index in [9.17, 15) is 9.50 Å². The zero-order chi connectivity index (χ0) is 13.8. The molecular weight excluding hydrogens is 271 g/mol. The van der Waals surface area contributed by atoms with Crippen molar-refractivity contribution in [3.05, 3.63) is 46.3 Å². The van der Waals surface area contributed by atoms with Gasteiger partial charge in [0.2, 0.25) is 5.89 Å². The second-order valence-corrected chi connectivity index (χ2v) is 4.65. The molecule has 1 unspecified atom stereocenters. The van der Waals surface area contributed by atoms with Crippen LogP contribution in [0.2, 0.25) is 5.02 Å². The average Bonchev–Trinajstić information content (AvgIpc) is 2.81. The number of hydrogen-bond donors (Lipinski definition) is 1. The molecule has 1 aromatic carbocycles. The topological polar surface area (TPSA) is 59.2 Å². The van der Waals surface area contributed by atoms with Crippen molar-refractivity contribution in [1.82, 2.24) is 10.1 Å². The summed E-state index contributed by atoms with van der Waals surface area (Å²) in [5.74, 6) is 0.301. The summed E-state index contributed by atoms with van der Waals surface area (Å²) in [5.41, 5.74) is 0.340. The van der Waals surface area contributed by atoms with Gasteiger partial charge < -0.3 is 9.63 Å². The van der Waals surface area contributed by atoms with Gasteiger partial charge in [-0.05, 0) is 18.6 Å². The molecule has 0 aliphatic rings. The predicted molar refractivity (Wildman–Crippen MR) is 68.5 cm³/mol. The fraction of sp³-hybridized carbons (Fsp3) is 0.385. The van der Waals surface area contributed by atoms with E-state index in [1.54, 1.807) is 12.1 Å². The van der Waals surface area contributed by atoms with E-state index in [1.165, 1.54) is 6.07 Å². The summed E-state index contributed by atoms with van der Waals surface area (Å²) < 4.78 is 18.6. The minimum atomic E-state index is -0.509. The third-order valence-electron chi connectivity index (χ3n) is 2.79. The van der Waals surface area contributed by atoms with Crippen LogP contribution in [0, 0.1) is 5.82 Å². The highest BCUT2D eigenvalue weighted by Gasteiger charge is 2.14. The molecular formula is C13H14ClFN2O2. The number of rotatable bonds is 5. The second-order valence-electron chi connectivity index (χ2n) is 4.25. The Bertz CT molecular complexity index is 539. The van der Waals surface area contributed by atoms with Crippen LogP contribution in [-0.4, -0.2) is 21.4 Å². The van der Waals surface area contributed by atoms with Crippen molar-refractivity contribution in [1.29, 1.82) is 0 Å². The molecule has 2 rings (SSSR count). The summed E-state index contributed by atoms with van der Waals surface area (Å²) in [6.07, 6.45) is 0.563. The number of hydrogen-bond acceptors (Lipinski definition) is 4. The van der Waals surface area contributed by atoms with Gasteiger partial charge in [0.15, 0.2) is 5.82 Å². The molecule has 0 amide bonds. The molecule has 0 radical (unpaired) electrons. The van der Waals surface area contributed by atoms with Crippen molar-refractivity contribution in [2.45, 2.75) is 32.3 Å². The molecule has 19 heavy (non-hydrogen) atoms. The van der Waals surface area contributed by atoms with Crippen molar-refractivity contribution in [2.24, 2.45) is 0 Å². The van der Waals surface area contributed by atoms with Gasteiger partial charge in [0, 0.05) is 17.0 Å². The van der Waals surface area contributed by atoms with Crippen LogP contribution >= 0.6 is 11.6 Å². The number of nitrogens with zero attached hydrogens (tertiary/aromatic N) is 2. The molecule has 0 saturated carbocycles. The van der Waals surface area contributed by atoms with Gasteiger partial charge in [0.1, 0.15) is 5.82 Å². The Balaban J connectivity index is 2.12. The maximum Gasteiger partial charge on any atom is 0.229 e. The van der Waals surface area contributed by atoms with E-state index >= 15 is 0 Å². The first kappa shape index (κ1) is 14.0. The maximum absolute atomic E-state index is 13.6. The number of aliphatic hydroxyl groups excluding tert-OH is 1. The molecule has 0 aliphatic carbocycles. The molecule has 1 atom stereocenters. The highest BCUT2D eigenvalue weighted by atomic mass is 35.5. The van der Waals surface area contributed by atoms with Crippen LogP contribution in [0.5, 0.6) is 0 Å². The lowest BCUT2D eigenvalue weighted by molar-refractivity contribution is 0.158. The van der Waals surface area contributed by atoms with Crippen molar-refractivity contribution >= 4 is 11.6 Å². The molecule has 0 fully saturated rings. The quantitative estimate of drug-likeness (QED) is 0.917. The molecule has 1 heterocycles. The van der Waals surface area contributed by atoms with Crippen LogP contribution in [0.1, 0.15) is 30.6 Å². The number of halogens is 2. The van der Waals surface area contributed by atoms with Crippen LogP contribution < -0.4 is 0 Å². The smallest absolute Gasteiger partial charge is 0.229 e. The van der Waals surface area contributed by atoms with Crippen molar-refractivity contribution in [3.8, 4) is 0 Å². The van der Waals surface area contributed by atoms with Gasteiger partial charge in [-0.25, -0.2) is 4.39 Å². The summed E-state index contributed by atoms with van der Waals surface area (Å²) in [5, 5.41) is 13.6. The van der Waals surface area contributed by atoms with Crippen LogP contribution in [0.25, 0.3) is 0 Å². The highest BCUT2D eigenvalue weighted by molar-refractivity contribution is 6.31. The molecule has 0 spiro atoms. The fourth-order valence-corrected chi connectivity index (χ4v) is 1.88. The molecule has 0 aliphatic heterocycles. The third-order valence-corrected chi connectivity index (χ3v) is 3.14. The van der Waals surface area contributed by atoms with Gasteiger partial charge in [-0.1, -0.05) is 29.7 Å². The van der Waals surface area contributed by atoms with Gasteiger partial charge in [-0.3, -0.25) is 0 Å². The van der Waals surface area contributed by atoms with Gasteiger partial charge in [0.05, 0.1) is 12.5 Å². The van der Waals surface area contributed by atoms with Gasteiger partial charge in [0.25, 0.3) is 0 Å². The van der Waals surface area contributed by atoms with E-state index in [0.717, 1.165) is 0 Å². The summed E-state index contributed by atoms with van der Waals surface area (Å²) in [6, 6.07) is 4.49. The summed E-state index contributed by atoms with van der Waals surface area (Å²) in [7, 11) is 0. The van der Waals surface area contributed by atoms with E-state index in [1.807, 2.05) is 6.92 Å². The molecule has 4 nitrogen and oxygen atoms in total. The second kappa shape index (κ2) is 6.12. The van der Waals surface area contributed by atoms with Crippen LogP contribution in [0.4, 0.5) is 4.39 Å². The zero-order valence-corrected chi connectivity index (χ0v) is 11.2. The largest absolute Gasteiger partial charge is 0.393 e. The molecule has 0 saturated heterocycles. The van der Waals surface area contributed by atoms with Gasteiger partial charge >= 0.3 is 0 Å². The fourth-order valence-electron chi connectivity index (χ4n) is 1.65. The van der Waals surface area contributed by atoms with Crippen molar-refractivity contribution in [3.63, 3.8) is 0 Å². The van der Waals surface area contributed by atoms with Gasteiger partial charge in [-0.15, -0.1) is 0 Å². The summed E-state index contributed by atoms with van der Waals surface area (Å²) in [6.45, 7) is 1.86. The van der Waals surface area contributed by atoms with E-state index < -0.39 is 11.9 Å². The number of benzene rings is 1. The Hall–Kier alpha value is -1.46. The normalized spacial score (nSPS) is 12.6. The lowest BCUT2D eigenvalue weighted by Gasteiger charge is -2.02. The number of aromatic nitrogens is 2. The molecule has 6 heteroatoms. The summed E-state index contributed by atoms with van der Waals surface area (Å²) >= 11 is 5.93. The third kappa shape index (κ3) is 3.52. The summed E-state index contributed by atoms with van der Waals surface area (Å²) in [4.78, 5) is 4.11. The first-order chi connectivity index (χ1) is 9.10. The molecule has 0 bridgehead atoms. The monoisotopic (exact) mass is 284 g/mol. The van der Waals surface area contributed by atoms with E-state index in [2.05, 4.69) is 10.1 Å². The molecule has 1 N–H and O–H groups in total. The first-order valence-corrected chi connectivity index (χ1v) is 6.40. The van der Waals surface area contributed by atoms with E-state index in [4.69, 9.17) is 16.1 Å². The van der Waals surface area contributed by atoms with Crippen molar-refractivity contribution in [2.75, 3.05) is 0 Å². The van der Waals surface area contributed by atoms with Crippen LogP contribution in [-0.2, 0) is 12.8 Å². The molecule has 2 aromatic rings. The minimum Gasteiger partial charge on any atom is -0.393 e. The van der Waals surface area contributed by atoms with Gasteiger partial charge in [-0.2, -0.15) is 4.98 Å². The Labute approximate surface area is 115 Å². The Kier molecular flexibility index (Phi) is 4.50. The standard InChI is InChI=1S/C13H14ClFN2O2/c1-2-8(18)6-13-16-12(17-19-13)7-9-10(14)4-3-5-11(9)15/h3-5,8,18H,2,6-7H2,1H3. The Morgan fingerprint density at radius 3 is 2.95 bits per heavy atom. The van der Waals surface area contributed by atoms with Crippen LogP contribution in [0.3, 0.4) is 0 Å². The molecule has 1 aromatic heterocycles. The van der Waals surface area contributed by atoms with E-state index in [-0.39, 0.29) is 6.42 Å². The lowest BCUT2D eigenvalue weighted by atomic mass is 10.1. The molecule has 102 valence electrons. The SMILES string of the molecule is CCC(O)Cc1nc(Cc2c(F)cccc2Cl)no1. The minimum absolute atomic E-state index is 0.164. The zero-order valence-electron chi connectivity index (χ0n) is 10.4. The highest BCUT2D eigenvalue weighted by Crippen LogP contribution is 2.21. The maximum atomic E-state index is 13.6. The average molecular weight is 285 g/mol. The van der Waals surface area contributed by atoms with Crippen molar-refractivity contribution < 1.29 is 14.0 Å². The number of aliphatic hydroxyl groups is 1. The predicted octanol–water partition coefficient (Wildman–Crippen LogP) is 2.77. The van der Waals surface area contributed by atoms with Crippen LogP contribution in [0.15, 0.2) is 22.7 Å².